The van der Waals surface area contributed by atoms with Crippen molar-refractivity contribution in [3.05, 3.63) is 34.1 Å². The van der Waals surface area contributed by atoms with Crippen molar-refractivity contribution in [3.8, 4) is 0 Å². The van der Waals surface area contributed by atoms with Gasteiger partial charge in [-0.05, 0) is 19.9 Å². The standard InChI is InChI=1S/C12H16FN3O4S/c1-12(2)8-14-5-6-15(12)21(19,20)9-3-4-11(16(17)18)10(13)7-9/h3-4,7,14H,5-6,8H2,1-2H3. The zero-order chi connectivity index (χ0) is 15.8. The average molecular weight is 317 g/mol. The molecule has 1 N–H and O–H groups in total. The van der Waals surface area contributed by atoms with Crippen molar-refractivity contribution in [1.82, 2.24) is 9.62 Å². The molecule has 1 aromatic rings. The summed E-state index contributed by atoms with van der Waals surface area (Å²) in [5.41, 5.74) is -1.40. The van der Waals surface area contributed by atoms with Crippen molar-refractivity contribution in [2.75, 3.05) is 19.6 Å². The maximum absolute atomic E-state index is 13.7. The Bertz CT molecular complexity index is 675. The van der Waals surface area contributed by atoms with E-state index in [-0.39, 0.29) is 11.4 Å². The minimum atomic E-state index is -3.90. The summed E-state index contributed by atoms with van der Waals surface area (Å²) in [6.07, 6.45) is 0. The van der Waals surface area contributed by atoms with E-state index in [2.05, 4.69) is 5.32 Å². The van der Waals surface area contributed by atoms with Gasteiger partial charge >= 0.3 is 5.69 Å². The quantitative estimate of drug-likeness (QED) is 0.666. The zero-order valence-electron chi connectivity index (χ0n) is 11.7. The van der Waals surface area contributed by atoms with Gasteiger partial charge in [-0.15, -0.1) is 0 Å². The topological polar surface area (TPSA) is 92.6 Å². The number of piperazine rings is 1. The van der Waals surface area contributed by atoms with Gasteiger partial charge in [0.1, 0.15) is 0 Å². The molecule has 1 aromatic carbocycles. The van der Waals surface area contributed by atoms with Crippen LogP contribution in [0.2, 0.25) is 0 Å². The van der Waals surface area contributed by atoms with E-state index in [9.17, 15) is 22.9 Å². The van der Waals surface area contributed by atoms with Crippen LogP contribution in [0.15, 0.2) is 23.1 Å². The largest absolute Gasteiger partial charge is 0.314 e. The average Bonchev–Trinajstić information content (AvgIpc) is 2.37. The van der Waals surface area contributed by atoms with Gasteiger partial charge < -0.3 is 5.32 Å². The Kier molecular flexibility index (Phi) is 4.00. The molecule has 7 nitrogen and oxygen atoms in total. The van der Waals surface area contributed by atoms with Gasteiger partial charge in [0, 0.05) is 37.3 Å². The minimum Gasteiger partial charge on any atom is -0.314 e. The van der Waals surface area contributed by atoms with Crippen LogP contribution in [0.1, 0.15) is 13.8 Å². The van der Waals surface area contributed by atoms with E-state index in [1.54, 1.807) is 13.8 Å². The predicted molar refractivity (Wildman–Crippen MR) is 73.9 cm³/mol. The second kappa shape index (κ2) is 5.32. The maximum atomic E-state index is 13.7. The molecule has 1 aliphatic heterocycles. The lowest BCUT2D eigenvalue weighted by atomic mass is 10.0. The van der Waals surface area contributed by atoms with Gasteiger partial charge in [-0.1, -0.05) is 0 Å². The summed E-state index contributed by atoms with van der Waals surface area (Å²) in [6.45, 7) is 4.75. The van der Waals surface area contributed by atoms with E-state index in [4.69, 9.17) is 0 Å². The summed E-state index contributed by atoms with van der Waals surface area (Å²) in [5.74, 6) is -1.16. The van der Waals surface area contributed by atoms with Gasteiger partial charge in [0.25, 0.3) is 0 Å². The number of nitrogens with zero attached hydrogens (tertiary/aromatic N) is 2. The number of sulfonamides is 1. The van der Waals surface area contributed by atoms with Crippen LogP contribution >= 0.6 is 0 Å². The first kappa shape index (κ1) is 15.8. The lowest BCUT2D eigenvalue weighted by molar-refractivity contribution is -0.387. The van der Waals surface area contributed by atoms with E-state index in [0.717, 1.165) is 12.1 Å². The molecule has 0 unspecified atom stereocenters. The van der Waals surface area contributed by atoms with Gasteiger partial charge in [-0.3, -0.25) is 10.1 Å². The molecule has 1 saturated heterocycles. The summed E-state index contributed by atoms with van der Waals surface area (Å²) in [5, 5.41) is 13.7. The van der Waals surface area contributed by atoms with Crippen LogP contribution in [-0.4, -0.2) is 42.8 Å². The van der Waals surface area contributed by atoms with Crippen molar-refractivity contribution >= 4 is 15.7 Å². The number of rotatable bonds is 3. The van der Waals surface area contributed by atoms with Gasteiger partial charge in [0.05, 0.1) is 9.82 Å². The van der Waals surface area contributed by atoms with Crippen LogP contribution in [0.25, 0.3) is 0 Å². The van der Waals surface area contributed by atoms with Crippen LogP contribution < -0.4 is 5.32 Å². The van der Waals surface area contributed by atoms with Crippen molar-refractivity contribution in [2.45, 2.75) is 24.3 Å². The number of hydrogen-bond acceptors (Lipinski definition) is 5. The Labute approximate surface area is 122 Å². The minimum absolute atomic E-state index is 0.258. The van der Waals surface area contributed by atoms with Crippen LogP contribution in [0.4, 0.5) is 10.1 Å². The fraction of sp³-hybridized carbons (Fsp3) is 0.500. The fourth-order valence-electron chi connectivity index (χ4n) is 2.33. The Morgan fingerprint density at radius 1 is 1.43 bits per heavy atom. The number of halogens is 1. The number of nitrogens with one attached hydrogen (secondary N) is 1. The Balaban J connectivity index is 2.44. The van der Waals surface area contributed by atoms with E-state index in [1.165, 1.54) is 4.31 Å². The van der Waals surface area contributed by atoms with Crippen LogP contribution in [0, 0.1) is 15.9 Å². The first-order valence-electron chi connectivity index (χ1n) is 6.34. The highest BCUT2D eigenvalue weighted by Gasteiger charge is 2.39. The molecule has 0 bridgehead atoms. The van der Waals surface area contributed by atoms with Crippen LogP contribution in [0.3, 0.4) is 0 Å². The summed E-state index contributed by atoms with van der Waals surface area (Å²) >= 11 is 0. The van der Waals surface area contributed by atoms with E-state index < -0.39 is 32.0 Å². The third kappa shape index (κ3) is 2.89. The van der Waals surface area contributed by atoms with Gasteiger partial charge in [0.2, 0.25) is 15.8 Å². The van der Waals surface area contributed by atoms with E-state index in [1.807, 2.05) is 0 Å². The van der Waals surface area contributed by atoms with Crippen molar-refractivity contribution in [3.63, 3.8) is 0 Å². The SMILES string of the molecule is CC1(C)CNCCN1S(=O)(=O)c1ccc([N+](=O)[O-])c(F)c1. The number of nitro benzene ring substituents is 1. The molecule has 1 fully saturated rings. The molecule has 0 amide bonds. The summed E-state index contributed by atoms with van der Waals surface area (Å²) in [6, 6.07) is 2.64. The third-order valence-corrected chi connectivity index (χ3v) is 5.54. The first-order chi connectivity index (χ1) is 9.66. The highest BCUT2D eigenvalue weighted by atomic mass is 32.2. The fourth-order valence-corrected chi connectivity index (χ4v) is 4.13. The van der Waals surface area contributed by atoms with Crippen molar-refractivity contribution < 1.29 is 17.7 Å². The molecule has 1 aliphatic rings. The van der Waals surface area contributed by atoms with Crippen molar-refractivity contribution in [1.29, 1.82) is 0 Å². The normalized spacial score (nSPS) is 19.4. The maximum Gasteiger partial charge on any atom is 0.304 e. The Hall–Kier alpha value is -1.58. The number of nitro groups is 1. The Morgan fingerprint density at radius 2 is 2.10 bits per heavy atom. The summed E-state index contributed by atoms with van der Waals surface area (Å²) < 4.78 is 40.1. The van der Waals surface area contributed by atoms with E-state index >= 15 is 0 Å². The molecule has 0 saturated carbocycles. The molecule has 2 rings (SSSR count). The predicted octanol–water partition coefficient (Wildman–Crippen LogP) is 1.11. The first-order valence-corrected chi connectivity index (χ1v) is 7.78. The molecule has 21 heavy (non-hydrogen) atoms. The van der Waals surface area contributed by atoms with E-state index in [0.29, 0.717) is 19.2 Å². The molecule has 9 heteroatoms. The third-order valence-electron chi connectivity index (χ3n) is 3.43. The zero-order valence-corrected chi connectivity index (χ0v) is 12.5. The second-order valence-corrected chi connectivity index (χ2v) is 7.30. The number of benzene rings is 1. The Morgan fingerprint density at radius 3 is 2.62 bits per heavy atom. The molecule has 0 radical (unpaired) electrons. The highest BCUT2D eigenvalue weighted by molar-refractivity contribution is 7.89. The second-order valence-electron chi connectivity index (χ2n) is 5.44. The lowest BCUT2D eigenvalue weighted by Crippen LogP contribution is -2.59. The molecule has 116 valence electrons. The van der Waals surface area contributed by atoms with Gasteiger partial charge in [-0.25, -0.2) is 8.42 Å². The molecule has 0 atom stereocenters. The molecule has 0 aliphatic carbocycles. The van der Waals surface area contributed by atoms with Crippen LogP contribution in [-0.2, 0) is 10.0 Å². The molecule has 0 spiro atoms. The smallest absolute Gasteiger partial charge is 0.304 e. The highest BCUT2D eigenvalue weighted by Crippen LogP contribution is 2.28. The molecular weight excluding hydrogens is 301 g/mol. The number of hydrogen-bond donors (Lipinski definition) is 1. The monoisotopic (exact) mass is 317 g/mol. The molecular formula is C12H16FN3O4S. The summed E-state index contributed by atoms with van der Waals surface area (Å²) in [7, 11) is -3.90. The lowest BCUT2D eigenvalue weighted by Gasteiger charge is -2.41. The molecule has 0 aromatic heterocycles. The van der Waals surface area contributed by atoms with Gasteiger partial charge in [0.15, 0.2) is 0 Å². The van der Waals surface area contributed by atoms with Crippen LogP contribution in [0.5, 0.6) is 0 Å². The summed E-state index contributed by atoms with van der Waals surface area (Å²) in [4.78, 5) is 9.42. The van der Waals surface area contributed by atoms with Crippen molar-refractivity contribution in [2.24, 2.45) is 0 Å². The van der Waals surface area contributed by atoms with Gasteiger partial charge in [-0.2, -0.15) is 8.70 Å². The molecule has 1 heterocycles.